The molecule has 3 aromatic rings. The minimum Gasteiger partial charge on any atom is -0.388 e. The zero-order valence-corrected chi connectivity index (χ0v) is 11.7. The van der Waals surface area contributed by atoms with Crippen molar-refractivity contribution in [2.75, 3.05) is 0 Å². The molecule has 1 heterocycles. The first-order valence-corrected chi connectivity index (χ1v) is 6.92. The van der Waals surface area contributed by atoms with Crippen molar-refractivity contribution in [3.63, 3.8) is 0 Å². The highest BCUT2D eigenvalue weighted by atomic mass is 16.3. The second-order valence-electron chi connectivity index (χ2n) is 4.75. The van der Waals surface area contributed by atoms with E-state index in [0.29, 0.717) is 12.2 Å². The molecule has 1 N–H and O–H groups in total. The van der Waals surface area contributed by atoms with Crippen LogP contribution in [0.15, 0.2) is 54.6 Å². The van der Waals surface area contributed by atoms with E-state index in [0.717, 1.165) is 16.8 Å². The van der Waals surface area contributed by atoms with Gasteiger partial charge in [0.2, 0.25) is 5.82 Å². The molecule has 0 bridgehead atoms. The number of tetrazole rings is 1. The molecule has 0 saturated heterocycles. The van der Waals surface area contributed by atoms with Crippen LogP contribution in [0.5, 0.6) is 0 Å². The molecule has 21 heavy (non-hydrogen) atoms. The number of hydrogen-bond donors (Lipinski definition) is 1. The molecule has 0 saturated carbocycles. The van der Waals surface area contributed by atoms with E-state index < -0.39 is 6.10 Å². The third-order valence-corrected chi connectivity index (χ3v) is 3.34. The zero-order chi connectivity index (χ0) is 14.7. The van der Waals surface area contributed by atoms with Crippen LogP contribution >= 0.6 is 0 Å². The molecule has 0 aliphatic rings. The maximum atomic E-state index is 10.1. The molecule has 106 valence electrons. The van der Waals surface area contributed by atoms with Crippen molar-refractivity contribution >= 4 is 0 Å². The molecular formula is C16H16N4O. The molecular weight excluding hydrogens is 264 g/mol. The lowest BCUT2D eigenvalue weighted by atomic mass is 10.1. The lowest BCUT2D eigenvalue weighted by molar-refractivity contribution is 0.173. The topological polar surface area (TPSA) is 63.8 Å². The van der Waals surface area contributed by atoms with Crippen LogP contribution in [0.3, 0.4) is 0 Å². The molecule has 0 aliphatic heterocycles. The fourth-order valence-electron chi connectivity index (χ4n) is 2.19. The molecule has 0 radical (unpaired) electrons. The minimum absolute atomic E-state index is 0.535. The van der Waals surface area contributed by atoms with E-state index in [9.17, 15) is 5.11 Å². The van der Waals surface area contributed by atoms with Gasteiger partial charge >= 0.3 is 0 Å². The summed E-state index contributed by atoms with van der Waals surface area (Å²) in [7, 11) is 0. The molecule has 0 aliphatic carbocycles. The maximum absolute atomic E-state index is 10.1. The smallest absolute Gasteiger partial charge is 0.205 e. The van der Waals surface area contributed by atoms with Crippen LogP contribution in [0.4, 0.5) is 0 Å². The number of para-hydroxylation sites is 1. The predicted molar refractivity (Wildman–Crippen MR) is 79.8 cm³/mol. The Bertz CT molecular complexity index is 724. The van der Waals surface area contributed by atoms with Gasteiger partial charge in [-0.3, -0.25) is 0 Å². The maximum Gasteiger partial charge on any atom is 0.205 e. The second-order valence-corrected chi connectivity index (χ2v) is 4.75. The highest BCUT2D eigenvalue weighted by molar-refractivity contribution is 5.53. The Morgan fingerprint density at radius 2 is 1.76 bits per heavy atom. The number of aliphatic hydroxyl groups excluding tert-OH is 1. The zero-order valence-electron chi connectivity index (χ0n) is 11.7. The summed E-state index contributed by atoms with van der Waals surface area (Å²) in [6, 6.07) is 17.2. The van der Waals surface area contributed by atoms with Gasteiger partial charge in [-0.05, 0) is 17.7 Å². The average molecular weight is 280 g/mol. The van der Waals surface area contributed by atoms with Gasteiger partial charge in [0.25, 0.3) is 0 Å². The van der Waals surface area contributed by atoms with Crippen LogP contribution in [-0.4, -0.2) is 25.3 Å². The van der Waals surface area contributed by atoms with Gasteiger partial charge in [0.1, 0.15) is 0 Å². The Labute approximate surface area is 122 Å². The van der Waals surface area contributed by atoms with Gasteiger partial charge in [-0.25, -0.2) is 0 Å². The Morgan fingerprint density at radius 1 is 1.05 bits per heavy atom. The van der Waals surface area contributed by atoms with E-state index in [1.54, 1.807) is 0 Å². The van der Waals surface area contributed by atoms with Crippen LogP contribution < -0.4 is 0 Å². The molecule has 2 aromatic carbocycles. The average Bonchev–Trinajstić information content (AvgIpc) is 3.05. The van der Waals surface area contributed by atoms with E-state index in [1.807, 2.05) is 61.5 Å². The van der Waals surface area contributed by atoms with Crippen LogP contribution in [0.25, 0.3) is 17.1 Å². The van der Waals surface area contributed by atoms with Crippen molar-refractivity contribution in [1.82, 2.24) is 20.2 Å². The summed E-state index contributed by atoms with van der Waals surface area (Å²) in [6.45, 7) is 1.94. The van der Waals surface area contributed by atoms with Crippen molar-refractivity contribution in [1.29, 1.82) is 0 Å². The molecule has 1 unspecified atom stereocenters. The van der Waals surface area contributed by atoms with Crippen molar-refractivity contribution in [3.8, 4) is 17.1 Å². The van der Waals surface area contributed by atoms with E-state index in [4.69, 9.17) is 0 Å². The molecule has 1 aromatic heterocycles. The van der Waals surface area contributed by atoms with Gasteiger partial charge in [-0.2, -0.15) is 0 Å². The first kappa shape index (κ1) is 13.5. The molecule has 5 nitrogen and oxygen atoms in total. The van der Waals surface area contributed by atoms with Gasteiger partial charge < -0.3 is 5.11 Å². The lowest BCUT2D eigenvalue weighted by Gasteiger charge is -2.12. The van der Waals surface area contributed by atoms with Crippen LogP contribution in [0, 0.1) is 0 Å². The standard InChI is InChI=1S/C16H16N4O/c1-2-15(21)13-10-6-7-11-14(13)20-18-16(17-19-20)12-8-4-3-5-9-12/h3-11,15,21H,2H2,1H3. The number of hydrogen-bond acceptors (Lipinski definition) is 4. The summed E-state index contributed by atoms with van der Waals surface area (Å²) in [5.41, 5.74) is 2.47. The van der Waals surface area contributed by atoms with Crippen molar-refractivity contribution in [2.24, 2.45) is 0 Å². The Morgan fingerprint density at radius 3 is 2.52 bits per heavy atom. The Kier molecular flexibility index (Phi) is 3.75. The monoisotopic (exact) mass is 280 g/mol. The third-order valence-electron chi connectivity index (χ3n) is 3.34. The molecule has 0 fully saturated rings. The number of rotatable bonds is 4. The van der Waals surface area contributed by atoms with Crippen LogP contribution in [0.2, 0.25) is 0 Å². The SMILES string of the molecule is CCC(O)c1ccccc1-n1nnc(-c2ccccc2)n1. The van der Waals surface area contributed by atoms with Crippen molar-refractivity contribution in [3.05, 3.63) is 60.2 Å². The van der Waals surface area contributed by atoms with Crippen LogP contribution in [0.1, 0.15) is 25.0 Å². The summed E-state index contributed by atoms with van der Waals surface area (Å²) in [5.74, 6) is 0.566. The Balaban J connectivity index is 2.01. The number of aromatic nitrogens is 4. The number of nitrogens with zero attached hydrogens (tertiary/aromatic N) is 4. The van der Waals surface area contributed by atoms with E-state index in [-0.39, 0.29) is 0 Å². The predicted octanol–water partition coefficient (Wildman–Crippen LogP) is 2.77. The van der Waals surface area contributed by atoms with Crippen LogP contribution in [-0.2, 0) is 0 Å². The minimum atomic E-state index is -0.535. The van der Waals surface area contributed by atoms with Gasteiger partial charge in [0.05, 0.1) is 11.8 Å². The van der Waals surface area contributed by atoms with Gasteiger partial charge in [0, 0.05) is 11.1 Å². The molecule has 0 amide bonds. The summed E-state index contributed by atoms with van der Waals surface area (Å²) in [4.78, 5) is 1.47. The Hall–Kier alpha value is -2.53. The molecule has 3 rings (SSSR count). The second kappa shape index (κ2) is 5.85. The molecule has 1 atom stereocenters. The lowest BCUT2D eigenvalue weighted by Crippen LogP contribution is -2.06. The van der Waals surface area contributed by atoms with E-state index >= 15 is 0 Å². The largest absolute Gasteiger partial charge is 0.388 e. The summed E-state index contributed by atoms with van der Waals surface area (Å²) >= 11 is 0. The number of benzene rings is 2. The summed E-state index contributed by atoms with van der Waals surface area (Å²) < 4.78 is 0. The number of aliphatic hydroxyl groups is 1. The highest BCUT2D eigenvalue weighted by Crippen LogP contribution is 2.23. The molecule has 0 spiro atoms. The van der Waals surface area contributed by atoms with Gasteiger partial charge in [-0.15, -0.1) is 15.0 Å². The fraction of sp³-hybridized carbons (Fsp3) is 0.188. The quantitative estimate of drug-likeness (QED) is 0.798. The highest BCUT2D eigenvalue weighted by Gasteiger charge is 2.14. The fourth-order valence-corrected chi connectivity index (χ4v) is 2.19. The van der Waals surface area contributed by atoms with Gasteiger partial charge in [-0.1, -0.05) is 55.5 Å². The summed E-state index contributed by atoms with van der Waals surface area (Å²) in [6.07, 6.45) is 0.101. The normalized spacial score (nSPS) is 12.3. The van der Waals surface area contributed by atoms with Crippen molar-refractivity contribution in [2.45, 2.75) is 19.4 Å². The third kappa shape index (κ3) is 2.68. The first-order valence-electron chi connectivity index (χ1n) is 6.92. The molecule has 5 heteroatoms. The first-order chi connectivity index (χ1) is 10.3. The van der Waals surface area contributed by atoms with Crippen molar-refractivity contribution < 1.29 is 5.11 Å². The van der Waals surface area contributed by atoms with Gasteiger partial charge in [0.15, 0.2) is 0 Å². The van der Waals surface area contributed by atoms with E-state index in [1.165, 1.54) is 4.80 Å². The summed E-state index contributed by atoms with van der Waals surface area (Å²) in [5, 5.41) is 22.7. The van der Waals surface area contributed by atoms with E-state index in [2.05, 4.69) is 15.4 Å².